The summed E-state index contributed by atoms with van der Waals surface area (Å²) in [7, 11) is 0. The van der Waals surface area contributed by atoms with Gasteiger partial charge >= 0.3 is 0 Å². The van der Waals surface area contributed by atoms with Gasteiger partial charge in [0.2, 0.25) is 5.91 Å². The second-order valence-electron chi connectivity index (χ2n) is 5.64. The molecule has 1 atom stereocenters. The molecule has 2 N–H and O–H groups in total. The first-order chi connectivity index (χ1) is 10.3. The van der Waals surface area contributed by atoms with Crippen molar-refractivity contribution in [2.75, 3.05) is 26.2 Å². The van der Waals surface area contributed by atoms with Crippen LogP contribution in [0, 0.1) is 0 Å². The SMILES string of the molecule is Cl.O=C(NCCCc1nc2c(s1)CCCC2)C1CNCCO1. The maximum atomic E-state index is 11.9. The number of thiazole rings is 1. The first-order valence-electron chi connectivity index (χ1n) is 7.90. The lowest BCUT2D eigenvalue weighted by atomic mass is 10.0. The highest BCUT2D eigenvalue weighted by Gasteiger charge is 2.21. The van der Waals surface area contributed by atoms with Gasteiger partial charge in [0.05, 0.1) is 17.3 Å². The molecule has 2 aliphatic rings. The van der Waals surface area contributed by atoms with Crippen molar-refractivity contribution in [1.82, 2.24) is 15.6 Å². The van der Waals surface area contributed by atoms with Gasteiger partial charge in [-0.15, -0.1) is 23.7 Å². The predicted molar refractivity (Wildman–Crippen MR) is 89.9 cm³/mol. The Bertz CT molecular complexity index is 466. The number of nitrogens with one attached hydrogen (secondary N) is 2. The molecule has 1 aliphatic carbocycles. The lowest BCUT2D eigenvalue weighted by Crippen LogP contribution is -2.48. The largest absolute Gasteiger partial charge is 0.366 e. The van der Waals surface area contributed by atoms with Crippen LogP contribution in [-0.2, 0) is 28.8 Å². The van der Waals surface area contributed by atoms with Gasteiger partial charge in [0, 0.05) is 30.9 Å². The van der Waals surface area contributed by atoms with E-state index in [-0.39, 0.29) is 24.4 Å². The lowest BCUT2D eigenvalue weighted by molar-refractivity contribution is -0.134. The van der Waals surface area contributed by atoms with Crippen molar-refractivity contribution >= 4 is 29.7 Å². The Balaban J connectivity index is 0.00000176. The number of rotatable bonds is 5. The summed E-state index contributed by atoms with van der Waals surface area (Å²) >= 11 is 1.86. The van der Waals surface area contributed by atoms with Crippen molar-refractivity contribution in [3.63, 3.8) is 0 Å². The summed E-state index contributed by atoms with van der Waals surface area (Å²) in [6.45, 7) is 2.76. The van der Waals surface area contributed by atoms with Gasteiger partial charge in [-0.2, -0.15) is 0 Å². The van der Waals surface area contributed by atoms with Gasteiger partial charge in [0.15, 0.2) is 0 Å². The van der Waals surface area contributed by atoms with E-state index in [1.165, 1.54) is 34.8 Å². The maximum absolute atomic E-state index is 11.9. The number of nitrogens with zero attached hydrogens (tertiary/aromatic N) is 1. The summed E-state index contributed by atoms with van der Waals surface area (Å²) in [5.41, 5.74) is 1.33. The van der Waals surface area contributed by atoms with E-state index in [9.17, 15) is 4.79 Å². The third kappa shape index (κ3) is 4.65. The summed E-state index contributed by atoms with van der Waals surface area (Å²) in [4.78, 5) is 18.1. The number of aromatic nitrogens is 1. The van der Waals surface area contributed by atoms with Crippen LogP contribution >= 0.6 is 23.7 Å². The van der Waals surface area contributed by atoms with Crippen LogP contribution in [0.1, 0.15) is 34.8 Å². The number of morpholine rings is 1. The van der Waals surface area contributed by atoms with Gasteiger partial charge in [-0.05, 0) is 32.1 Å². The second kappa shape index (κ2) is 8.82. The molecule has 1 saturated heterocycles. The Hall–Kier alpha value is -0.690. The molecule has 1 fully saturated rings. The Morgan fingerprint density at radius 2 is 2.27 bits per heavy atom. The van der Waals surface area contributed by atoms with Gasteiger partial charge in [-0.1, -0.05) is 0 Å². The number of carbonyl (C=O) groups is 1. The third-order valence-electron chi connectivity index (χ3n) is 3.98. The van der Waals surface area contributed by atoms with E-state index in [4.69, 9.17) is 9.72 Å². The normalized spacial score (nSPS) is 20.8. The van der Waals surface area contributed by atoms with E-state index in [1.807, 2.05) is 11.3 Å². The number of hydrogen-bond acceptors (Lipinski definition) is 5. The van der Waals surface area contributed by atoms with Crippen LogP contribution in [0.3, 0.4) is 0 Å². The monoisotopic (exact) mass is 345 g/mol. The average molecular weight is 346 g/mol. The van der Waals surface area contributed by atoms with Gasteiger partial charge in [0.1, 0.15) is 6.10 Å². The molecular formula is C15H24ClN3O2S. The fraction of sp³-hybridized carbons (Fsp3) is 0.733. The second-order valence-corrected chi connectivity index (χ2v) is 6.81. The Morgan fingerprint density at radius 3 is 3.05 bits per heavy atom. The molecule has 5 nitrogen and oxygen atoms in total. The molecule has 1 aromatic heterocycles. The van der Waals surface area contributed by atoms with E-state index in [0.717, 1.165) is 25.8 Å². The van der Waals surface area contributed by atoms with Crippen LogP contribution in [0.15, 0.2) is 0 Å². The number of hydrogen-bond donors (Lipinski definition) is 2. The number of ether oxygens (including phenoxy) is 1. The molecule has 0 aromatic carbocycles. The van der Waals surface area contributed by atoms with Crippen LogP contribution in [0.2, 0.25) is 0 Å². The molecule has 3 rings (SSSR count). The molecule has 124 valence electrons. The van der Waals surface area contributed by atoms with Gasteiger partial charge in [-0.3, -0.25) is 4.79 Å². The number of amides is 1. The van der Waals surface area contributed by atoms with Gasteiger partial charge < -0.3 is 15.4 Å². The summed E-state index contributed by atoms with van der Waals surface area (Å²) in [5.74, 6) is 0.000586. The molecule has 0 spiro atoms. The lowest BCUT2D eigenvalue weighted by Gasteiger charge is -2.22. The number of aryl methyl sites for hydroxylation is 3. The van der Waals surface area contributed by atoms with Crippen molar-refractivity contribution in [3.05, 3.63) is 15.6 Å². The molecule has 1 amide bonds. The molecular weight excluding hydrogens is 322 g/mol. The number of halogens is 1. The van der Waals surface area contributed by atoms with Crippen LogP contribution < -0.4 is 10.6 Å². The highest BCUT2D eigenvalue weighted by atomic mass is 35.5. The highest BCUT2D eigenvalue weighted by molar-refractivity contribution is 7.11. The molecule has 22 heavy (non-hydrogen) atoms. The first-order valence-corrected chi connectivity index (χ1v) is 8.72. The standard InChI is InChI=1S/C15H23N3O2S.ClH/c19-15(12-10-16-8-9-20-12)17-7-3-6-14-18-11-4-1-2-5-13(11)21-14;/h12,16H,1-10H2,(H,17,19);1H. The van der Waals surface area contributed by atoms with Gasteiger partial charge in [0.25, 0.3) is 0 Å². The quantitative estimate of drug-likeness (QED) is 0.793. The molecule has 0 saturated carbocycles. The van der Waals surface area contributed by atoms with Crippen LogP contribution in [-0.4, -0.2) is 43.2 Å². The smallest absolute Gasteiger partial charge is 0.250 e. The van der Waals surface area contributed by atoms with E-state index >= 15 is 0 Å². The molecule has 1 unspecified atom stereocenters. The Morgan fingerprint density at radius 1 is 1.41 bits per heavy atom. The number of carbonyl (C=O) groups excluding carboxylic acids is 1. The predicted octanol–water partition coefficient (Wildman–Crippen LogP) is 1.48. The molecule has 1 aliphatic heterocycles. The molecule has 0 bridgehead atoms. The summed E-state index contributed by atoms with van der Waals surface area (Å²) in [5, 5.41) is 7.35. The third-order valence-corrected chi connectivity index (χ3v) is 5.19. The van der Waals surface area contributed by atoms with Crippen molar-refractivity contribution < 1.29 is 9.53 Å². The summed E-state index contributed by atoms with van der Waals surface area (Å²) in [6.07, 6.45) is 6.51. The van der Waals surface area contributed by atoms with Gasteiger partial charge in [-0.25, -0.2) is 4.98 Å². The zero-order valence-electron chi connectivity index (χ0n) is 12.7. The topological polar surface area (TPSA) is 63.2 Å². The average Bonchev–Trinajstić information content (AvgIpc) is 2.95. The maximum Gasteiger partial charge on any atom is 0.250 e. The van der Waals surface area contributed by atoms with Crippen LogP contribution in [0.4, 0.5) is 0 Å². The first kappa shape index (κ1) is 17.7. The fourth-order valence-corrected chi connectivity index (χ4v) is 4.01. The van der Waals surface area contributed by atoms with Crippen LogP contribution in [0.25, 0.3) is 0 Å². The zero-order chi connectivity index (χ0) is 14.5. The summed E-state index contributed by atoms with van der Waals surface area (Å²) in [6, 6.07) is 0. The molecule has 1 aromatic rings. The van der Waals surface area contributed by atoms with E-state index in [0.29, 0.717) is 19.7 Å². The van der Waals surface area contributed by atoms with Crippen molar-refractivity contribution in [2.45, 2.75) is 44.6 Å². The van der Waals surface area contributed by atoms with Crippen LogP contribution in [0.5, 0.6) is 0 Å². The zero-order valence-corrected chi connectivity index (χ0v) is 14.4. The minimum atomic E-state index is -0.328. The van der Waals surface area contributed by atoms with Crippen molar-refractivity contribution in [2.24, 2.45) is 0 Å². The molecule has 2 heterocycles. The molecule has 7 heteroatoms. The van der Waals surface area contributed by atoms with Crippen molar-refractivity contribution in [3.8, 4) is 0 Å². The Labute approximate surface area is 141 Å². The summed E-state index contributed by atoms with van der Waals surface area (Å²) < 4.78 is 5.43. The van der Waals surface area contributed by atoms with Crippen molar-refractivity contribution in [1.29, 1.82) is 0 Å². The van der Waals surface area contributed by atoms with E-state index < -0.39 is 0 Å². The minimum absolute atomic E-state index is 0. The van der Waals surface area contributed by atoms with E-state index in [1.54, 1.807) is 0 Å². The minimum Gasteiger partial charge on any atom is -0.366 e. The Kier molecular flexibility index (Phi) is 7.08. The molecule has 0 radical (unpaired) electrons. The number of fused-ring (bicyclic) bond motifs is 1. The fourth-order valence-electron chi connectivity index (χ4n) is 2.81. The van der Waals surface area contributed by atoms with E-state index in [2.05, 4.69) is 10.6 Å². The highest BCUT2D eigenvalue weighted by Crippen LogP contribution is 2.27.